The maximum atomic E-state index is 11.8. The maximum absolute atomic E-state index is 11.8. The van der Waals surface area contributed by atoms with Crippen molar-refractivity contribution in [3.05, 3.63) is 11.2 Å². The Hall–Kier alpha value is -1.03. The highest BCUT2D eigenvalue weighted by molar-refractivity contribution is 7.91. The molecule has 9 heteroatoms. The number of carbonyl (C=O) groups is 1. The molecule has 1 aromatic rings. The highest BCUT2D eigenvalue weighted by atomic mass is 32.2. The number of hydrogen-bond donors (Lipinski definition) is 2. The molecular formula is C8H12N2O5S2. The Morgan fingerprint density at radius 3 is 2.76 bits per heavy atom. The molecule has 1 rings (SSSR count). The van der Waals surface area contributed by atoms with Gasteiger partial charge in [-0.2, -0.15) is 4.72 Å². The second-order valence-electron chi connectivity index (χ2n) is 3.08. The van der Waals surface area contributed by atoms with Crippen LogP contribution in [-0.2, 0) is 19.6 Å². The molecule has 1 heterocycles. The summed E-state index contributed by atoms with van der Waals surface area (Å²) >= 11 is 0.971. The summed E-state index contributed by atoms with van der Waals surface area (Å²) in [5.41, 5.74) is 0. The molecule has 0 amide bonds. The number of sulfonamides is 1. The van der Waals surface area contributed by atoms with Crippen LogP contribution in [0, 0.1) is 6.92 Å². The average molecular weight is 280 g/mol. The fourth-order valence-electron chi connectivity index (χ4n) is 1.01. The van der Waals surface area contributed by atoms with E-state index < -0.39 is 28.6 Å². The number of carbonyl (C=O) groups excluding carboxylic acids is 1. The van der Waals surface area contributed by atoms with Gasteiger partial charge in [0.25, 0.3) is 10.0 Å². The Morgan fingerprint density at radius 2 is 2.35 bits per heavy atom. The van der Waals surface area contributed by atoms with Crippen molar-refractivity contribution in [3.8, 4) is 0 Å². The predicted octanol–water partition coefficient (Wildman–Crippen LogP) is -0.736. The quantitative estimate of drug-likeness (QED) is 0.688. The standard InChI is InChI=1S/C8H12N2O5S2/c1-5-9-3-7(16-5)17(13,14)10-6(4-11)8(12)15-2/h3,6,10-11H,4H2,1-2H3. The number of nitrogens with zero attached hydrogens (tertiary/aromatic N) is 1. The minimum atomic E-state index is -3.86. The van der Waals surface area contributed by atoms with Crippen molar-refractivity contribution in [2.45, 2.75) is 17.2 Å². The highest BCUT2D eigenvalue weighted by Gasteiger charge is 2.26. The van der Waals surface area contributed by atoms with Gasteiger partial charge in [0.1, 0.15) is 6.04 Å². The first kappa shape index (κ1) is 14.0. The predicted molar refractivity (Wildman–Crippen MR) is 60.1 cm³/mol. The lowest BCUT2D eigenvalue weighted by Gasteiger charge is -2.12. The molecule has 17 heavy (non-hydrogen) atoms. The number of methoxy groups -OCH3 is 1. The number of aryl methyl sites for hydroxylation is 1. The maximum Gasteiger partial charge on any atom is 0.326 e. The summed E-state index contributed by atoms with van der Waals surface area (Å²) in [7, 11) is -2.75. The van der Waals surface area contributed by atoms with Crippen molar-refractivity contribution >= 4 is 27.3 Å². The van der Waals surface area contributed by atoms with Crippen LogP contribution >= 0.6 is 11.3 Å². The molecule has 1 unspecified atom stereocenters. The van der Waals surface area contributed by atoms with Crippen LogP contribution in [0.2, 0.25) is 0 Å². The van der Waals surface area contributed by atoms with E-state index in [-0.39, 0.29) is 4.21 Å². The van der Waals surface area contributed by atoms with Gasteiger partial charge < -0.3 is 9.84 Å². The molecule has 0 bridgehead atoms. The van der Waals surface area contributed by atoms with E-state index in [1.54, 1.807) is 6.92 Å². The Labute approximate surface area is 102 Å². The van der Waals surface area contributed by atoms with Crippen LogP contribution in [0.15, 0.2) is 10.4 Å². The zero-order valence-corrected chi connectivity index (χ0v) is 10.8. The van der Waals surface area contributed by atoms with E-state index in [0.717, 1.165) is 18.4 Å². The van der Waals surface area contributed by atoms with Gasteiger partial charge in [-0.1, -0.05) is 0 Å². The third-order valence-corrected chi connectivity index (χ3v) is 4.68. The topological polar surface area (TPSA) is 106 Å². The molecule has 1 atom stereocenters. The van der Waals surface area contributed by atoms with Gasteiger partial charge in [-0.05, 0) is 6.92 Å². The zero-order chi connectivity index (χ0) is 13.1. The van der Waals surface area contributed by atoms with Crippen LogP contribution in [0.1, 0.15) is 5.01 Å². The Morgan fingerprint density at radius 1 is 1.71 bits per heavy atom. The molecule has 2 N–H and O–H groups in total. The summed E-state index contributed by atoms with van der Waals surface area (Å²) in [6.07, 6.45) is 1.19. The zero-order valence-electron chi connectivity index (χ0n) is 9.21. The smallest absolute Gasteiger partial charge is 0.326 e. The van der Waals surface area contributed by atoms with Gasteiger partial charge in [0, 0.05) is 0 Å². The number of aromatic nitrogens is 1. The highest BCUT2D eigenvalue weighted by Crippen LogP contribution is 2.17. The van der Waals surface area contributed by atoms with Crippen LogP contribution in [0.5, 0.6) is 0 Å². The van der Waals surface area contributed by atoms with Crippen LogP contribution in [0.25, 0.3) is 0 Å². The average Bonchev–Trinajstić information content (AvgIpc) is 2.72. The summed E-state index contributed by atoms with van der Waals surface area (Å²) < 4.78 is 29.9. The Balaban J connectivity index is 2.89. The van der Waals surface area contributed by atoms with Gasteiger partial charge in [0.2, 0.25) is 0 Å². The lowest BCUT2D eigenvalue weighted by atomic mass is 10.3. The minimum Gasteiger partial charge on any atom is -0.468 e. The number of aliphatic hydroxyl groups excluding tert-OH is 1. The van der Waals surface area contributed by atoms with E-state index in [2.05, 4.69) is 9.72 Å². The number of rotatable bonds is 5. The van der Waals surface area contributed by atoms with Crippen molar-refractivity contribution in [1.82, 2.24) is 9.71 Å². The largest absolute Gasteiger partial charge is 0.468 e. The number of esters is 1. The fraction of sp³-hybridized carbons (Fsp3) is 0.500. The number of thiazole rings is 1. The minimum absolute atomic E-state index is 0.0163. The van der Waals surface area contributed by atoms with E-state index in [1.165, 1.54) is 6.20 Å². The normalized spacial score (nSPS) is 13.4. The number of ether oxygens (including phenoxy) is 1. The van der Waals surface area contributed by atoms with Crippen molar-refractivity contribution in [3.63, 3.8) is 0 Å². The third-order valence-electron chi connectivity index (χ3n) is 1.83. The van der Waals surface area contributed by atoms with E-state index >= 15 is 0 Å². The molecule has 96 valence electrons. The lowest BCUT2D eigenvalue weighted by molar-refractivity contribution is -0.143. The molecule has 1 aromatic heterocycles. The van der Waals surface area contributed by atoms with Crippen LogP contribution in [-0.4, -0.2) is 44.2 Å². The van der Waals surface area contributed by atoms with Crippen molar-refractivity contribution in [2.24, 2.45) is 0 Å². The van der Waals surface area contributed by atoms with Gasteiger partial charge >= 0.3 is 5.97 Å². The molecule has 0 saturated carbocycles. The van der Waals surface area contributed by atoms with E-state index in [9.17, 15) is 13.2 Å². The van der Waals surface area contributed by atoms with Gasteiger partial charge in [-0.25, -0.2) is 13.4 Å². The number of nitrogens with one attached hydrogen (secondary N) is 1. The summed E-state index contributed by atoms with van der Waals surface area (Å²) in [6, 6.07) is -1.31. The second kappa shape index (κ2) is 5.54. The van der Waals surface area contributed by atoms with Crippen molar-refractivity contribution < 1.29 is 23.1 Å². The molecule has 0 saturated heterocycles. The second-order valence-corrected chi connectivity index (χ2v) is 6.25. The molecule has 0 radical (unpaired) electrons. The number of hydrogen-bond acceptors (Lipinski definition) is 7. The van der Waals surface area contributed by atoms with Gasteiger partial charge in [-0.3, -0.25) is 4.79 Å². The molecule has 0 spiro atoms. The first-order chi connectivity index (χ1) is 7.90. The van der Waals surface area contributed by atoms with E-state index in [4.69, 9.17) is 5.11 Å². The van der Waals surface area contributed by atoms with E-state index in [0.29, 0.717) is 5.01 Å². The summed E-state index contributed by atoms with van der Waals surface area (Å²) in [5, 5.41) is 9.49. The van der Waals surface area contributed by atoms with Crippen molar-refractivity contribution in [1.29, 1.82) is 0 Å². The first-order valence-corrected chi connectivity index (χ1v) is 6.84. The molecule has 0 fully saturated rings. The third kappa shape index (κ3) is 3.46. The molecule has 0 aliphatic carbocycles. The summed E-state index contributed by atoms with van der Waals surface area (Å²) in [5.74, 6) is -0.850. The molecular weight excluding hydrogens is 268 g/mol. The fourth-order valence-corrected chi connectivity index (χ4v) is 3.31. The molecule has 7 nitrogen and oxygen atoms in total. The summed E-state index contributed by atoms with van der Waals surface area (Å²) in [6.45, 7) is 0.983. The van der Waals surface area contributed by atoms with E-state index in [1.807, 2.05) is 4.72 Å². The molecule has 0 aromatic carbocycles. The van der Waals surface area contributed by atoms with Crippen molar-refractivity contribution in [2.75, 3.05) is 13.7 Å². The Kier molecular flexibility index (Phi) is 4.57. The van der Waals surface area contributed by atoms with Crippen LogP contribution in [0.4, 0.5) is 0 Å². The lowest BCUT2D eigenvalue weighted by Crippen LogP contribution is -2.43. The van der Waals surface area contributed by atoms with Gasteiger partial charge in [0.15, 0.2) is 4.21 Å². The first-order valence-electron chi connectivity index (χ1n) is 4.54. The monoisotopic (exact) mass is 280 g/mol. The SMILES string of the molecule is COC(=O)C(CO)NS(=O)(=O)c1cnc(C)s1. The van der Waals surface area contributed by atoms with Gasteiger partial charge in [-0.15, -0.1) is 11.3 Å². The number of aliphatic hydroxyl groups is 1. The van der Waals surface area contributed by atoms with Crippen LogP contribution in [0.3, 0.4) is 0 Å². The Bertz CT molecular complexity index is 496. The van der Waals surface area contributed by atoms with Gasteiger partial charge in [0.05, 0.1) is 24.9 Å². The molecule has 0 aliphatic rings. The summed E-state index contributed by atoms with van der Waals surface area (Å²) in [4.78, 5) is 14.9. The van der Waals surface area contributed by atoms with Crippen LogP contribution < -0.4 is 4.72 Å². The molecule has 0 aliphatic heterocycles.